The lowest BCUT2D eigenvalue weighted by Gasteiger charge is -2.31. The molecule has 2 heterocycles. The molecule has 1 aliphatic rings. The Bertz CT molecular complexity index is 948. The fraction of sp³-hybridized carbons (Fsp3) is 0.409. The molecule has 2 aromatic carbocycles. The number of imidazole rings is 1. The molecule has 0 radical (unpaired) electrons. The van der Waals surface area contributed by atoms with Crippen molar-refractivity contribution in [1.29, 1.82) is 0 Å². The maximum absolute atomic E-state index is 13.2. The molecule has 4 rings (SSSR count). The summed E-state index contributed by atoms with van der Waals surface area (Å²) in [5, 5.41) is 0. The van der Waals surface area contributed by atoms with Gasteiger partial charge in [0.05, 0.1) is 24.2 Å². The van der Waals surface area contributed by atoms with Crippen LogP contribution < -0.4 is 4.74 Å². The van der Waals surface area contributed by atoms with Gasteiger partial charge in [-0.25, -0.2) is 13.8 Å². The van der Waals surface area contributed by atoms with E-state index < -0.39 is 11.6 Å². The molecular formula is C22H25F2N3O. The lowest BCUT2D eigenvalue weighted by molar-refractivity contribution is 0.154. The molecule has 1 aliphatic heterocycles. The van der Waals surface area contributed by atoms with Gasteiger partial charge in [-0.05, 0) is 62.5 Å². The molecule has 0 amide bonds. The third kappa shape index (κ3) is 4.17. The summed E-state index contributed by atoms with van der Waals surface area (Å²) in [6, 6.07) is 11.9. The number of fused-ring (bicyclic) bond motifs is 1. The number of ether oxygens (including phenoxy) is 1. The van der Waals surface area contributed by atoms with E-state index in [1.54, 1.807) is 0 Å². The summed E-state index contributed by atoms with van der Waals surface area (Å²) in [7, 11) is 2.08. The Hall–Kier alpha value is -2.47. The van der Waals surface area contributed by atoms with Gasteiger partial charge in [0, 0.05) is 13.1 Å². The van der Waals surface area contributed by atoms with E-state index in [0.717, 1.165) is 62.4 Å². The van der Waals surface area contributed by atoms with Crippen molar-refractivity contribution in [3.8, 4) is 5.75 Å². The molecule has 148 valence electrons. The van der Waals surface area contributed by atoms with E-state index in [1.165, 1.54) is 11.6 Å². The first-order valence-electron chi connectivity index (χ1n) is 9.80. The first-order valence-corrected chi connectivity index (χ1v) is 9.80. The van der Waals surface area contributed by atoms with Gasteiger partial charge in [-0.3, -0.25) is 4.90 Å². The number of nitrogens with zero attached hydrogens (tertiary/aromatic N) is 3. The molecule has 1 fully saturated rings. The van der Waals surface area contributed by atoms with Gasteiger partial charge in [-0.15, -0.1) is 0 Å². The molecule has 4 nitrogen and oxygen atoms in total. The summed E-state index contributed by atoms with van der Waals surface area (Å²) in [6.45, 7) is 3.47. The third-order valence-electron chi connectivity index (χ3n) is 5.64. The van der Waals surface area contributed by atoms with Crippen molar-refractivity contribution in [2.75, 3.05) is 19.7 Å². The number of rotatable bonds is 6. The minimum Gasteiger partial charge on any atom is -0.493 e. The van der Waals surface area contributed by atoms with E-state index in [9.17, 15) is 8.78 Å². The summed E-state index contributed by atoms with van der Waals surface area (Å²) in [5.41, 5.74) is 2.21. The second-order valence-electron chi connectivity index (χ2n) is 7.51. The number of piperidine rings is 1. The molecule has 1 saturated heterocycles. The Morgan fingerprint density at radius 1 is 1.07 bits per heavy atom. The minimum atomic E-state index is -0.868. The maximum atomic E-state index is 13.2. The van der Waals surface area contributed by atoms with Crippen LogP contribution in [0.4, 0.5) is 8.78 Å². The largest absolute Gasteiger partial charge is 0.493 e. The quantitative estimate of drug-likeness (QED) is 0.624. The van der Waals surface area contributed by atoms with Gasteiger partial charge in [0.2, 0.25) is 0 Å². The van der Waals surface area contributed by atoms with Crippen LogP contribution in [-0.4, -0.2) is 34.1 Å². The Morgan fingerprint density at radius 3 is 2.61 bits per heavy atom. The lowest BCUT2D eigenvalue weighted by Crippen LogP contribution is -2.34. The van der Waals surface area contributed by atoms with E-state index in [0.29, 0.717) is 18.3 Å². The van der Waals surface area contributed by atoms with Crippen molar-refractivity contribution >= 4 is 11.0 Å². The molecule has 0 spiro atoms. The van der Waals surface area contributed by atoms with Crippen molar-refractivity contribution < 1.29 is 13.5 Å². The van der Waals surface area contributed by atoms with Crippen LogP contribution in [0.2, 0.25) is 0 Å². The second kappa shape index (κ2) is 8.27. The fourth-order valence-electron chi connectivity index (χ4n) is 3.88. The smallest absolute Gasteiger partial charge is 0.162 e. The van der Waals surface area contributed by atoms with Gasteiger partial charge in [-0.2, -0.15) is 0 Å². The zero-order valence-electron chi connectivity index (χ0n) is 16.1. The topological polar surface area (TPSA) is 30.3 Å². The number of aromatic nitrogens is 2. The molecule has 0 N–H and O–H groups in total. The molecule has 6 heteroatoms. The van der Waals surface area contributed by atoms with Gasteiger partial charge >= 0.3 is 0 Å². The number of likely N-dealkylation sites (tertiary alicyclic amines) is 1. The standard InChI is InChI=1S/C22H25F2N3O/c1-26-21-5-3-2-4-20(21)25-22(26)15-27-11-8-16(9-12-27)10-13-28-17-6-7-18(23)19(24)14-17/h2-7,14,16H,8-13,15H2,1H3. The van der Waals surface area contributed by atoms with Crippen LogP contribution in [0.25, 0.3) is 11.0 Å². The minimum absolute atomic E-state index is 0.387. The summed E-state index contributed by atoms with van der Waals surface area (Å²) in [4.78, 5) is 7.22. The number of para-hydroxylation sites is 2. The number of hydrogen-bond acceptors (Lipinski definition) is 3. The van der Waals surface area contributed by atoms with Gasteiger partial charge in [0.25, 0.3) is 0 Å². The van der Waals surface area contributed by atoms with Crippen molar-refractivity contribution in [2.24, 2.45) is 13.0 Å². The van der Waals surface area contributed by atoms with Gasteiger partial charge in [0.1, 0.15) is 11.6 Å². The highest BCUT2D eigenvalue weighted by Gasteiger charge is 2.21. The first-order chi connectivity index (χ1) is 13.6. The van der Waals surface area contributed by atoms with Crippen molar-refractivity contribution in [2.45, 2.75) is 25.8 Å². The number of halogens is 2. The lowest BCUT2D eigenvalue weighted by atomic mass is 9.94. The SMILES string of the molecule is Cn1c(CN2CCC(CCOc3ccc(F)c(F)c3)CC2)nc2ccccc21. The molecule has 28 heavy (non-hydrogen) atoms. The van der Waals surface area contributed by atoms with E-state index >= 15 is 0 Å². The Morgan fingerprint density at radius 2 is 1.86 bits per heavy atom. The first kappa shape index (κ1) is 18.9. The Kier molecular flexibility index (Phi) is 5.57. The highest BCUT2D eigenvalue weighted by molar-refractivity contribution is 5.75. The van der Waals surface area contributed by atoms with Crippen LogP contribution in [0.3, 0.4) is 0 Å². The van der Waals surface area contributed by atoms with Crippen LogP contribution in [0.1, 0.15) is 25.1 Å². The highest BCUT2D eigenvalue weighted by Crippen LogP contribution is 2.24. The summed E-state index contributed by atoms with van der Waals surface area (Å²) < 4.78 is 33.9. The molecule has 0 unspecified atom stereocenters. The van der Waals surface area contributed by atoms with Crippen molar-refractivity contribution in [3.05, 3.63) is 59.9 Å². The molecule has 1 aromatic heterocycles. The van der Waals surface area contributed by atoms with Gasteiger partial charge in [0.15, 0.2) is 11.6 Å². The van der Waals surface area contributed by atoms with E-state index in [-0.39, 0.29) is 0 Å². The molecular weight excluding hydrogens is 360 g/mol. The van der Waals surface area contributed by atoms with Crippen LogP contribution in [0.5, 0.6) is 5.75 Å². The van der Waals surface area contributed by atoms with Crippen LogP contribution in [-0.2, 0) is 13.6 Å². The molecule has 0 saturated carbocycles. The van der Waals surface area contributed by atoms with Crippen molar-refractivity contribution in [1.82, 2.24) is 14.5 Å². The predicted octanol–water partition coefficient (Wildman–Crippen LogP) is 4.53. The molecule has 0 atom stereocenters. The second-order valence-corrected chi connectivity index (χ2v) is 7.51. The van der Waals surface area contributed by atoms with Crippen LogP contribution >= 0.6 is 0 Å². The number of benzene rings is 2. The van der Waals surface area contributed by atoms with E-state index in [2.05, 4.69) is 28.6 Å². The number of hydrogen-bond donors (Lipinski definition) is 0. The van der Waals surface area contributed by atoms with Gasteiger partial charge in [-0.1, -0.05) is 12.1 Å². The van der Waals surface area contributed by atoms with Crippen LogP contribution in [0, 0.1) is 17.6 Å². The van der Waals surface area contributed by atoms with E-state index in [1.807, 2.05) is 12.1 Å². The normalized spacial score (nSPS) is 16.0. The summed E-state index contributed by atoms with van der Waals surface area (Å²) >= 11 is 0. The highest BCUT2D eigenvalue weighted by atomic mass is 19.2. The zero-order valence-corrected chi connectivity index (χ0v) is 16.1. The summed E-state index contributed by atoms with van der Waals surface area (Å²) in [5.74, 6) is 0.370. The monoisotopic (exact) mass is 385 g/mol. The van der Waals surface area contributed by atoms with Gasteiger partial charge < -0.3 is 9.30 Å². The molecule has 0 aliphatic carbocycles. The van der Waals surface area contributed by atoms with E-state index in [4.69, 9.17) is 9.72 Å². The average Bonchev–Trinajstić information content (AvgIpc) is 3.02. The molecule has 3 aromatic rings. The fourth-order valence-corrected chi connectivity index (χ4v) is 3.88. The Labute approximate surface area is 163 Å². The zero-order chi connectivity index (χ0) is 19.5. The Balaban J connectivity index is 1.24. The summed E-state index contributed by atoms with van der Waals surface area (Å²) in [6.07, 6.45) is 3.16. The number of aryl methyl sites for hydroxylation is 1. The third-order valence-corrected chi connectivity index (χ3v) is 5.64. The molecule has 0 bridgehead atoms. The predicted molar refractivity (Wildman–Crippen MR) is 105 cm³/mol. The van der Waals surface area contributed by atoms with Crippen LogP contribution in [0.15, 0.2) is 42.5 Å². The van der Waals surface area contributed by atoms with Crippen molar-refractivity contribution in [3.63, 3.8) is 0 Å². The maximum Gasteiger partial charge on any atom is 0.162 e. The average molecular weight is 385 g/mol.